The number of fused-ring (bicyclic) bond motifs is 1. The first kappa shape index (κ1) is 3.42. The summed E-state index contributed by atoms with van der Waals surface area (Å²) in [4.78, 5) is 0. The van der Waals surface area contributed by atoms with Crippen LogP contribution in [-0.4, -0.2) is 19.8 Å². The van der Waals surface area contributed by atoms with Gasteiger partial charge in [-0.2, -0.15) is 0 Å². The Morgan fingerprint density at radius 2 is 2.57 bits per heavy atom. The molecule has 0 saturated heterocycles. The van der Waals surface area contributed by atoms with Gasteiger partial charge in [0.25, 0.3) is 0 Å². The van der Waals surface area contributed by atoms with Crippen molar-refractivity contribution in [2.24, 2.45) is 0 Å². The molecule has 0 fully saturated rings. The van der Waals surface area contributed by atoms with Crippen molar-refractivity contribution in [3.05, 3.63) is 23.7 Å². The van der Waals surface area contributed by atoms with Crippen LogP contribution in [0, 0.1) is 0 Å². The highest BCUT2D eigenvalue weighted by Crippen LogP contribution is 2.32. The van der Waals surface area contributed by atoms with E-state index in [0.29, 0.717) is 0 Å². The summed E-state index contributed by atoms with van der Waals surface area (Å²) in [5.74, 6) is -0.679. The van der Waals surface area contributed by atoms with Gasteiger partial charge in [0.15, 0.2) is 11.5 Å². The topological polar surface area (TPSA) is 30.5 Å². The molecule has 1 heterocycles. The molecule has 3 nitrogen and oxygen atoms in total. The van der Waals surface area contributed by atoms with Crippen molar-refractivity contribution >= 4 is 0 Å². The first-order valence-electron chi connectivity index (χ1n) is 8.52. The van der Waals surface area contributed by atoms with Crippen molar-refractivity contribution in [2.45, 2.75) is 19.3 Å². The first-order valence-corrected chi connectivity index (χ1v) is 4.07. The molecule has 0 saturated carbocycles. The quantitative estimate of drug-likeness (QED) is 0.807. The highest BCUT2D eigenvalue weighted by molar-refractivity contribution is 5.44. The molecule has 0 bridgehead atoms. The summed E-state index contributed by atoms with van der Waals surface area (Å²) >= 11 is 0. The van der Waals surface area contributed by atoms with Crippen molar-refractivity contribution < 1.29 is 21.9 Å². The number of ether oxygens (including phenoxy) is 2. The monoisotopic (exact) mass is 202 g/mol. The number of nitrogens with one attached hydrogen (secondary N) is 1. The Morgan fingerprint density at radius 1 is 1.71 bits per heavy atom. The van der Waals surface area contributed by atoms with Crippen molar-refractivity contribution in [1.29, 1.82) is 0 Å². The molecule has 1 aliphatic rings. The van der Waals surface area contributed by atoms with Gasteiger partial charge in [0.05, 0.1) is 4.11 Å². The minimum atomic E-state index is -2.55. The maximum atomic E-state index is 8.04. The lowest BCUT2D eigenvalue weighted by molar-refractivity contribution is 0.174. The summed E-state index contributed by atoms with van der Waals surface area (Å²) in [7, 11) is 1.25. The van der Waals surface area contributed by atoms with E-state index in [1.165, 1.54) is 7.05 Å². The minimum absolute atomic E-state index is 0.102. The van der Waals surface area contributed by atoms with Crippen LogP contribution >= 0.6 is 0 Å². The Labute approximate surface area is 96.7 Å². The highest BCUT2D eigenvalue weighted by Gasteiger charge is 2.13. The van der Waals surface area contributed by atoms with Gasteiger partial charge in [-0.05, 0) is 38.0 Å². The molecule has 0 aromatic heterocycles. The van der Waals surface area contributed by atoms with Crippen LogP contribution in [0.1, 0.15) is 23.4 Å². The fourth-order valence-corrected chi connectivity index (χ4v) is 1.05. The van der Waals surface area contributed by atoms with Crippen LogP contribution in [-0.2, 0) is 6.42 Å². The van der Waals surface area contributed by atoms with Crippen LogP contribution in [0.2, 0.25) is 1.41 Å². The Morgan fingerprint density at radius 3 is 3.36 bits per heavy atom. The van der Waals surface area contributed by atoms with E-state index >= 15 is 0 Å². The lowest BCUT2D eigenvalue weighted by Crippen LogP contribution is -2.23. The van der Waals surface area contributed by atoms with E-state index in [1.807, 2.05) is 0 Å². The van der Waals surface area contributed by atoms with Crippen molar-refractivity contribution in [2.75, 3.05) is 13.8 Å². The third-order valence-corrected chi connectivity index (χ3v) is 1.79. The first-order chi connectivity index (χ1) is 10.3. The molecule has 0 aliphatic carbocycles. The van der Waals surface area contributed by atoms with Crippen LogP contribution < -0.4 is 14.8 Å². The number of hydrogen-bond acceptors (Lipinski definition) is 3. The summed E-state index contributed by atoms with van der Waals surface area (Å²) < 4.78 is 78.2. The lowest BCUT2D eigenvalue weighted by Gasteiger charge is -2.09. The van der Waals surface area contributed by atoms with Gasteiger partial charge < -0.3 is 14.8 Å². The highest BCUT2D eigenvalue weighted by atomic mass is 16.7. The fourth-order valence-electron chi connectivity index (χ4n) is 1.05. The molecule has 1 N–H and O–H groups in total. The second kappa shape index (κ2) is 3.88. The Balaban J connectivity index is 2.52. The zero-order chi connectivity index (χ0) is 17.7. The maximum absolute atomic E-state index is 8.04. The molecule has 0 spiro atoms. The van der Waals surface area contributed by atoms with Crippen LogP contribution in [0.25, 0.3) is 0 Å². The molecule has 0 radical (unpaired) electrons. The van der Waals surface area contributed by atoms with Gasteiger partial charge in [0, 0.05) is 10.2 Å². The molecule has 0 amide bonds. The van der Waals surface area contributed by atoms with Crippen LogP contribution in [0.15, 0.2) is 18.1 Å². The Hall–Kier alpha value is -1.22. The van der Waals surface area contributed by atoms with Crippen LogP contribution in [0.3, 0.4) is 0 Å². The predicted molar refractivity (Wildman–Crippen MR) is 54.8 cm³/mol. The summed E-state index contributed by atoms with van der Waals surface area (Å²) in [5, 5.41) is 0.722. The molecule has 1 atom stereocenters. The van der Waals surface area contributed by atoms with E-state index < -0.39 is 37.8 Å². The van der Waals surface area contributed by atoms with Gasteiger partial charge in [0.2, 0.25) is 6.75 Å². The zero-order valence-electron chi connectivity index (χ0n) is 16.5. The molecule has 1 aromatic carbocycles. The summed E-state index contributed by atoms with van der Waals surface area (Å²) in [5.41, 5.74) is -0.102. The Kier molecular flexibility index (Phi) is 0.947. The summed E-state index contributed by atoms with van der Waals surface area (Å²) in [6.07, 6.45) is -0.348. The normalized spacial score (nSPS) is 29.7. The smallest absolute Gasteiger partial charge is 0.231 e. The van der Waals surface area contributed by atoms with E-state index in [9.17, 15) is 0 Å². The molecular formula is C11H15NO2. The third-order valence-electron chi connectivity index (χ3n) is 1.79. The lowest BCUT2D eigenvalue weighted by atomic mass is 10.1. The minimum Gasteiger partial charge on any atom is -0.454 e. The maximum Gasteiger partial charge on any atom is 0.231 e. The molecule has 2 rings (SSSR count). The summed E-state index contributed by atoms with van der Waals surface area (Å²) in [6.45, 7) is -5.07. The fraction of sp³-hybridized carbons (Fsp3) is 0.455. The second-order valence-electron chi connectivity index (χ2n) is 2.78. The number of rotatable bonds is 3. The molecular weight excluding hydrogens is 178 g/mol. The standard InChI is InChI=1S/C11H15NO2/c1-8(12-2)5-9-3-4-10-11(6-9)14-7-13-10/h3-4,6,8,12H,5,7H2,1-2H3/i1D3,3D,4D,6D,7D2/hD. The van der Waals surface area contributed by atoms with E-state index in [4.69, 9.17) is 21.9 Å². The molecule has 1 aromatic rings. The summed E-state index contributed by atoms with van der Waals surface area (Å²) in [6, 6.07) is -2.61. The molecule has 14 heavy (non-hydrogen) atoms. The van der Waals surface area contributed by atoms with E-state index in [1.54, 1.807) is 0 Å². The average Bonchev–Trinajstić information content (AvgIpc) is 2.70. The largest absolute Gasteiger partial charge is 0.454 e. The van der Waals surface area contributed by atoms with Gasteiger partial charge in [-0.3, -0.25) is 0 Å². The second-order valence-corrected chi connectivity index (χ2v) is 2.78. The van der Waals surface area contributed by atoms with Gasteiger partial charge in [0.1, 0.15) is 4.15 Å². The number of benzene rings is 1. The van der Waals surface area contributed by atoms with E-state index in [-0.39, 0.29) is 23.5 Å². The molecule has 1 unspecified atom stereocenters. The third kappa shape index (κ3) is 1.82. The molecule has 3 heteroatoms. The van der Waals surface area contributed by atoms with E-state index in [2.05, 4.69) is 0 Å². The van der Waals surface area contributed by atoms with Crippen molar-refractivity contribution in [1.82, 2.24) is 5.31 Å². The van der Waals surface area contributed by atoms with Crippen LogP contribution in [0.4, 0.5) is 0 Å². The SMILES string of the molecule is [2H]c1c([2H])c2c(c([2H])c1CC(N([2H])C)C([2H])([2H])[2H])OC([2H])([2H])O2. The van der Waals surface area contributed by atoms with Gasteiger partial charge >= 0.3 is 0 Å². The zero-order valence-corrected chi connectivity index (χ0v) is 7.55. The van der Waals surface area contributed by atoms with Crippen molar-refractivity contribution in [3.63, 3.8) is 0 Å². The van der Waals surface area contributed by atoms with E-state index in [0.717, 1.165) is 5.31 Å². The average molecular weight is 202 g/mol. The van der Waals surface area contributed by atoms with Crippen LogP contribution in [0.5, 0.6) is 11.5 Å². The van der Waals surface area contributed by atoms with Gasteiger partial charge in [-0.25, -0.2) is 0 Å². The van der Waals surface area contributed by atoms with Gasteiger partial charge in [-0.15, -0.1) is 0 Å². The predicted octanol–water partition coefficient (Wildman–Crippen LogP) is 1.57. The van der Waals surface area contributed by atoms with Crippen molar-refractivity contribution in [3.8, 4) is 11.5 Å². The van der Waals surface area contributed by atoms with Gasteiger partial charge in [-0.1, -0.05) is 6.04 Å². The Bertz CT molecular complexity index is 629. The number of likely N-dealkylation sites (N-methyl/N-ethyl adjacent to an activating group) is 1. The molecule has 76 valence electrons. The molecule has 1 aliphatic heterocycles. The number of hydrogen-bond donors (Lipinski definition) is 1.